The monoisotopic (exact) mass is 459 g/mol. The third-order valence-corrected chi connectivity index (χ3v) is 7.40. The van der Waals surface area contributed by atoms with Gasteiger partial charge in [0.2, 0.25) is 10.0 Å². The molecular formula is C23H29N3O5S. The smallest absolute Gasteiger partial charge is 0.267 e. The van der Waals surface area contributed by atoms with Crippen molar-refractivity contribution in [3.8, 4) is 5.75 Å². The Morgan fingerprint density at radius 2 is 1.75 bits per heavy atom. The van der Waals surface area contributed by atoms with Gasteiger partial charge >= 0.3 is 0 Å². The van der Waals surface area contributed by atoms with E-state index in [0.717, 1.165) is 6.42 Å². The normalized spacial score (nSPS) is 16.0. The van der Waals surface area contributed by atoms with E-state index in [2.05, 4.69) is 5.32 Å². The van der Waals surface area contributed by atoms with Crippen molar-refractivity contribution in [2.24, 2.45) is 0 Å². The number of amides is 2. The Labute approximate surface area is 189 Å². The van der Waals surface area contributed by atoms with Crippen LogP contribution < -0.4 is 15.0 Å². The number of sulfonamides is 1. The van der Waals surface area contributed by atoms with Crippen molar-refractivity contribution in [2.75, 3.05) is 29.9 Å². The van der Waals surface area contributed by atoms with Crippen molar-refractivity contribution in [2.45, 2.75) is 45.1 Å². The van der Waals surface area contributed by atoms with E-state index >= 15 is 0 Å². The second-order valence-corrected chi connectivity index (χ2v) is 9.44. The minimum Gasteiger partial charge on any atom is -0.479 e. The van der Waals surface area contributed by atoms with Crippen LogP contribution in [-0.2, 0) is 14.8 Å². The average molecular weight is 460 g/mol. The zero-order chi connectivity index (χ0) is 23.5. The topological polar surface area (TPSA) is 96.0 Å². The first kappa shape index (κ1) is 23.7. The second kappa shape index (κ2) is 9.70. The largest absolute Gasteiger partial charge is 0.479 e. The van der Waals surface area contributed by atoms with Crippen LogP contribution in [-0.4, -0.2) is 50.3 Å². The zero-order valence-corrected chi connectivity index (χ0v) is 19.6. The number of fused-ring (bicyclic) bond motifs is 1. The van der Waals surface area contributed by atoms with E-state index in [9.17, 15) is 18.0 Å². The molecule has 0 radical (unpaired) electrons. The molecule has 8 nitrogen and oxygen atoms in total. The van der Waals surface area contributed by atoms with Gasteiger partial charge in [-0.15, -0.1) is 0 Å². The summed E-state index contributed by atoms with van der Waals surface area (Å²) in [7, 11) is -3.58. The Morgan fingerprint density at radius 3 is 2.34 bits per heavy atom. The van der Waals surface area contributed by atoms with Crippen molar-refractivity contribution in [3.63, 3.8) is 0 Å². The standard InChI is InChI=1S/C23H29N3O5S/c1-5-14-26-20-15-18(10-13-21(20)31-16(4)23(26)28)24-22(27)17-8-11-19(12-9-17)32(29,30)25(6-2)7-3/h8-13,15-16H,5-7,14H2,1-4H3,(H,24,27). The molecule has 2 aromatic rings. The van der Waals surface area contributed by atoms with Crippen molar-refractivity contribution in [1.29, 1.82) is 0 Å². The summed E-state index contributed by atoms with van der Waals surface area (Å²) in [5.74, 6) is 0.0949. The molecule has 0 bridgehead atoms. The number of hydrogen-bond donors (Lipinski definition) is 1. The van der Waals surface area contributed by atoms with Gasteiger partial charge in [-0.05, 0) is 55.8 Å². The zero-order valence-electron chi connectivity index (χ0n) is 18.8. The highest BCUT2D eigenvalue weighted by Crippen LogP contribution is 2.36. The van der Waals surface area contributed by atoms with Gasteiger partial charge in [0.15, 0.2) is 6.10 Å². The summed E-state index contributed by atoms with van der Waals surface area (Å²) in [6.07, 6.45) is 0.234. The number of carbonyl (C=O) groups is 2. The predicted molar refractivity (Wildman–Crippen MR) is 124 cm³/mol. The van der Waals surface area contributed by atoms with E-state index in [4.69, 9.17) is 4.74 Å². The molecule has 3 rings (SSSR count). The molecule has 9 heteroatoms. The maximum atomic E-state index is 12.7. The Kier molecular flexibility index (Phi) is 7.20. The van der Waals surface area contributed by atoms with Crippen LogP contribution >= 0.6 is 0 Å². The fourth-order valence-electron chi connectivity index (χ4n) is 3.63. The second-order valence-electron chi connectivity index (χ2n) is 7.50. The average Bonchev–Trinajstić information content (AvgIpc) is 2.78. The van der Waals surface area contributed by atoms with Crippen LogP contribution in [0.3, 0.4) is 0 Å². The number of nitrogens with zero attached hydrogens (tertiary/aromatic N) is 2. The maximum absolute atomic E-state index is 12.7. The van der Waals surface area contributed by atoms with Crippen molar-refractivity contribution >= 4 is 33.2 Å². The summed E-state index contributed by atoms with van der Waals surface area (Å²) in [6, 6.07) is 11.0. The molecule has 0 aromatic heterocycles. The van der Waals surface area contributed by atoms with Crippen LogP contribution in [0.2, 0.25) is 0 Å². The van der Waals surface area contributed by atoms with E-state index in [1.54, 1.807) is 43.9 Å². The summed E-state index contributed by atoms with van der Waals surface area (Å²) in [6.45, 7) is 8.57. The Balaban J connectivity index is 1.80. The highest BCUT2D eigenvalue weighted by molar-refractivity contribution is 7.89. The maximum Gasteiger partial charge on any atom is 0.267 e. The molecule has 0 spiro atoms. The van der Waals surface area contributed by atoms with Gasteiger partial charge in [-0.1, -0.05) is 20.8 Å². The number of benzene rings is 2. The van der Waals surface area contributed by atoms with Gasteiger partial charge in [-0.3, -0.25) is 9.59 Å². The molecule has 1 N–H and O–H groups in total. The fraction of sp³-hybridized carbons (Fsp3) is 0.391. The Morgan fingerprint density at radius 1 is 1.09 bits per heavy atom. The third-order valence-electron chi connectivity index (χ3n) is 5.33. The van der Waals surface area contributed by atoms with Crippen LogP contribution in [0.15, 0.2) is 47.4 Å². The number of rotatable bonds is 8. The van der Waals surface area contributed by atoms with Crippen LogP contribution in [0, 0.1) is 0 Å². The van der Waals surface area contributed by atoms with E-state index in [1.165, 1.54) is 28.6 Å². The molecule has 1 atom stereocenters. The Hall–Kier alpha value is -2.91. The number of ether oxygens (including phenoxy) is 1. The molecule has 0 aliphatic carbocycles. The van der Waals surface area contributed by atoms with Gasteiger partial charge < -0.3 is 15.0 Å². The first-order valence-corrected chi connectivity index (χ1v) is 12.2. The summed E-state index contributed by atoms with van der Waals surface area (Å²) in [5.41, 5.74) is 1.46. The first-order chi connectivity index (χ1) is 15.2. The number of anilines is 2. The lowest BCUT2D eigenvalue weighted by atomic mass is 10.1. The fourth-order valence-corrected chi connectivity index (χ4v) is 5.09. The molecule has 172 valence electrons. The van der Waals surface area contributed by atoms with Crippen LogP contribution in [0.5, 0.6) is 5.75 Å². The van der Waals surface area contributed by atoms with E-state index in [-0.39, 0.29) is 16.7 Å². The summed E-state index contributed by atoms with van der Waals surface area (Å²) >= 11 is 0. The van der Waals surface area contributed by atoms with Crippen LogP contribution in [0.25, 0.3) is 0 Å². The lowest BCUT2D eigenvalue weighted by Crippen LogP contribution is -2.44. The molecule has 0 saturated carbocycles. The molecule has 1 heterocycles. The van der Waals surface area contributed by atoms with Gasteiger partial charge in [0.25, 0.3) is 11.8 Å². The molecule has 2 aromatic carbocycles. The highest BCUT2D eigenvalue weighted by Gasteiger charge is 2.31. The van der Waals surface area contributed by atoms with Gasteiger partial charge in [0.05, 0.1) is 10.6 Å². The third kappa shape index (κ3) is 4.63. The van der Waals surface area contributed by atoms with Gasteiger partial charge in [0, 0.05) is 30.9 Å². The quantitative estimate of drug-likeness (QED) is 0.652. The minimum absolute atomic E-state index is 0.118. The number of nitrogens with one attached hydrogen (secondary N) is 1. The molecular weight excluding hydrogens is 430 g/mol. The molecule has 2 amide bonds. The van der Waals surface area contributed by atoms with Crippen LogP contribution in [0.1, 0.15) is 44.5 Å². The minimum atomic E-state index is -3.58. The van der Waals surface area contributed by atoms with Gasteiger partial charge in [-0.25, -0.2) is 8.42 Å². The van der Waals surface area contributed by atoms with E-state index < -0.39 is 16.1 Å². The summed E-state index contributed by atoms with van der Waals surface area (Å²) in [5, 5.41) is 2.81. The molecule has 1 unspecified atom stereocenters. The van der Waals surface area contributed by atoms with E-state index in [0.29, 0.717) is 42.3 Å². The van der Waals surface area contributed by atoms with Crippen molar-refractivity contribution < 1.29 is 22.7 Å². The van der Waals surface area contributed by atoms with E-state index in [1.807, 2.05) is 6.92 Å². The number of carbonyl (C=O) groups excluding carboxylic acids is 2. The lowest BCUT2D eigenvalue weighted by Gasteiger charge is -2.33. The SMILES string of the molecule is CCCN1C(=O)C(C)Oc2ccc(NC(=O)c3ccc(S(=O)(=O)N(CC)CC)cc3)cc21. The predicted octanol–water partition coefficient (Wildman–Crippen LogP) is 3.49. The molecule has 32 heavy (non-hydrogen) atoms. The highest BCUT2D eigenvalue weighted by atomic mass is 32.2. The van der Waals surface area contributed by atoms with Crippen molar-refractivity contribution in [1.82, 2.24) is 4.31 Å². The first-order valence-electron chi connectivity index (χ1n) is 10.8. The summed E-state index contributed by atoms with van der Waals surface area (Å²) < 4.78 is 32.3. The van der Waals surface area contributed by atoms with Crippen molar-refractivity contribution in [3.05, 3.63) is 48.0 Å². The van der Waals surface area contributed by atoms with Crippen LogP contribution in [0.4, 0.5) is 11.4 Å². The van der Waals surface area contributed by atoms with Gasteiger partial charge in [0.1, 0.15) is 5.75 Å². The molecule has 0 fully saturated rings. The Bertz CT molecular complexity index is 1100. The van der Waals surface area contributed by atoms with Gasteiger partial charge in [-0.2, -0.15) is 4.31 Å². The molecule has 1 aliphatic rings. The lowest BCUT2D eigenvalue weighted by molar-refractivity contribution is -0.125. The number of hydrogen-bond acceptors (Lipinski definition) is 5. The summed E-state index contributed by atoms with van der Waals surface area (Å²) in [4.78, 5) is 27.0. The molecule has 1 aliphatic heterocycles. The molecule has 0 saturated heterocycles.